The third-order valence-corrected chi connectivity index (χ3v) is 5.96. The highest BCUT2D eigenvalue weighted by molar-refractivity contribution is 5.90. The highest BCUT2D eigenvalue weighted by atomic mass is 19.2. The van der Waals surface area contributed by atoms with E-state index in [1.165, 1.54) is 0 Å². The van der Waals surface area contributed by atoms with Crippen LogP contribution in [0, 0.1) is 17.6 Å². The molecule has 7 nitrogen and oxygen atoms in total. The number of carboxylic acids is 1. The number of aliphatic carboxylic acids is 1. The van der Waals surface area contributed by atoms with Crippen LogP contribution in [0.25, 0.3) is 0 Å². The Morgan fingerprint density at radius 2 is 1.71 bits per heavy atom. The van der Waals surface area contributed by atoms with Crippen molar-refractivity contribution in [2.75, 3.05) is 4.90 Å². The van der Waals surface area contributed by atoms with E-state index in [0.29, 0.717) is 12.8 Å². The molecule has 0 aromatic heterocycles. The van der Waals surface area contributed by atoms with Crippen molar-refractivity contribution in [3.63, 3.8) is 0 Å². The van der Waals surface area contributed by atoms with Gasteiger partial charge in [0.1, 0.15) is 0 Å². The molecular formula is C19H20F2N2O5. The summed E-state index contributed by atoms with van der Waals surface area (Å²) in [6.07, 6.45) is 1.02. The molecule has 0 saturated heterocycles. The van der Waals surface area contributed by atoms with E-state index in [2.05, 4.69) is 0 Å². The maximum atomic E-state index is 14.1. The van der Waals surface area contributed by atoms with Gasteiger partial charge in [-0.15, -0.1) is 0 Å². The molecule has 1 aliphatic heterocycles. The Morgan fingerprint density at radius 3 is 2.25 bits per heavy atom. The second-order valence-corrected chi connectivity index (χ2v) is 7.66. The Balaban J connectivity index is 1.78. The Kier molecular flexibility index (Phi) is 4.47. The normalized spacial score (nSPS) is 25.4. The number of hydrogen-bond acceptors (Lipinski definition) is 3. The fraction of sp³-hybridized carbons (Fsp3) is 0.526. The van der Waals surface area contributed by atoms with E-state index in [9.17, 15) is 28.3 Å². The summed E-state index contributed by atoms with van der Waals surface area (Å²) >= 11 is 0. The molecule has 9 heteroatoms. The second kappa shape index (κ2) is 6.72. The molecule has 2 N–H and O–H groups in total. The first-order chi connectivity index (χ1) is 13.3. The number of halogens is 2. The first-order valence-corrected chi connectivity index (χ1v) is 9.33. The number of carbonyl (C=O) groups is 3. The number of rotatable bonds is 5. The highest BCUT2D eigenvalue weighted by Gasteiger charge is 2.53. The summed E-state index contributed by atoms with van der Waals surface area (Å²) in [6, 6.07) is 0.804. The standard InChI is InChI=1S/C19H20F2N2O5/c20-12-7-11-15(8-13(12)21)23(19(27)28)14-4-3-10(14)18(11)22(9-1-2-9)16(24)5-6-17(25)26/h7-10,14,18H,1-6H2,(H,25,26)(H,27,28). The lowest BCUT2D eigenvalue weighted by Gasteiger charge is -2.54. The Bertz CT molecular complexity index is 857. The number of fused-ring (bicyclic) bond motifs is 2. The zero-order valence-electron chi connectivity index (χ0n) is 15.0. The topological polar surface area (TPSA) is 98.2 Å². The third kappa shape index (κ3) is 2.98. The lowest BCUT2D eigenvalue weighted by molar-refractivity contribution is -0.143. The van der Waals surface area contributed by atoms with Crippen LogP contribution in [0.5, 0.6) is 0 Å². The minimum atomic E-state index is -1.24. The van der Waals surface area contributed by atoms with Crippen molar-refractivity contribution >= 4 is 23.7 Å². The molecule has 1 aromatic rings. The Morgan fingerprint density at radius 1 is 1.04 bits per heavy atom. The van der Waals surface area contributed by atoms with Gasteiger partial charge in [0.05, 0.1) is 18.2 Å². The molecule has 28 heavy (non-hydrogen) atoms. The van der Waals surface area contributed by atoms with Crippen LogP contribution in [-0.2, 0) is 9.59 Å². The van der Waals surface area contributed by atoms with Crippen LogP contribution >= 0.6 is 0 Å². The van der Waals surface area contributed by atoms with Crippen LogP contribution in [0.2, 0.25) is 0 Å². The molecule has 2 saturated carbocycles. The lowest BCUT2D eigenvalue weighted by Crippen LogP contribution is -2.59. The second-order valence-electron chi connectivity index (χ2n) is 7.66. The quantitative estimate of drug-likeness (QED) is 0.800. The van der Waals surface area contributed by atoms with E-state index in [1.807, 2.05) is 0 Å². The first-order valence-electron chi connectivity index (χ1n) is 9.33. The van der Waals surface area contributed by atoms with Gasteiger partial charge in [-0.25, -0.2) is 13.6 Å². The van der Waals surface area contributed by atoms with Gasteiger partial charge in [0.2, 0.25) is 5.91 Å². The van der Waals surface area contributed by atoms with Crippen molar-refractivity contribution in [3.05, 3.63) is 29.3 Å². The predicted molar refractivity (Wildman–Crippen MR) is 92.9 cm³/mol. The van der Waals surface area contributed by atoms with E-state index in [1.54, 1.807) is 4.90 Å². The largest absolute Gasteiger partial charge is 0.481 e. The van der Waals surface area contributed by atoms with E-state index < -0.39 is 35.8 Å². The maximum Gasteiger partial charge on any atom is 0.412 e. The van der Waals surface area contributed by atoms with Crippen LogP contribution in [0.15, 0.2) is 12.1 Å². The van der Waals surface area contributed by atoms with Gasteiger partial charge in [-0.3, -0.25) is 14.5 Å². The lowest BCUT2D eigenvalue weighted by atomic mass is 9.68. The fourth-order valence-corrected chi connectivity index (χ4v) is 4.49. The molecule has 3 aliphatic rings. The summed E-state index contributed by atoms with van der Waals surface area (Å²) in [5.41, 5.74) is 0.340. The predicted octanol–water partition coefficient (Wildman–Crippen LogP) is 3.14. The van der Waals surface area contributed by atoms with Gasteiger partial charge in [-0.2, -0.15) is 0 Å². The average molecular weight is 394 g/mol. The van der Waals surface area contributed by atoms with Crippen LogP contribution in [0.4, 0.5) is 19.3 Å². The molecule has 4 rings (SSSR count). The minimum Gasteiger partial charge on any atom is -0.481 e. The number of nitrogens with zero attached hydrogens (tertiary/aromatic N) is 2. The van der Waals surface area contributed by atoms with E-state index >= 15 is 0 Å². The van der Waals surface area contributed by atoms with Crippen LogP contribution in [0.1, 0.15) is 50.1 Å². The van der Waals surface area contributed by atoms with Crippen molar-refractivity contribution in [2.24, 2.45) is 5.92 Å². The molecule has 3 atom stereocenters. The van der Waals surface area contributed by atoms with Gasteiger partial charge in [0.15, 0.2) is 11.6 Å². The minimum absolute atomic E-state index is 0.0639. The molecule has 1 heterocycles. The molecule has 1 aromatic carbocycles. The molecule has 2 fully saturated rings. The van der Waals surface area contributed by atoms with Gasteiger partial charge in [-0.1, -0.05) is 0 Å². The molecule has 2 aliphatic carbocycles. The van der Waals surface area contributed by atoms with E-state index in [4.69, 9.17) is 5.11 Å². The van der Waals surface area contributed by atoms with Crippen molar-refractivity contribution in [3.8, 4) is 0 Å². The van der Waals surface area contributed by atoms with Crippen molar-refractivity contribution in [1.82, 2.24) is 4.90 Å². The van der Waals surface area contributed by atoms with Crippen molar-refractivity contribution < 1.29 is 33.4 Å². The molecule has 150 valence electrons. The summed E-state index contributed by atoms with van der Waals surface area (Å²) in [7, 11) is 0. The SMILES string of the molecule is O=C(O)CCC(=O)N(C1CC1)C1c2cc(F)c(F)cc2N(C(=O)O)C2CCC21. The smallest absolute Gasteiger partial charge is 0.412 e. The zero-order chi connectivity index (χ0) is 20.2. The summed E-state index contributed by atoms with van der Waals surface area (Å²) < 4.78 is 28.0. The summed E-state index contributed by atoms with van der Waals surface area (Å²) in [5.74, 6) is -3.89. The van der Waals surface area contributed by atoms with Crippen molar-refractivity contribution in [1.29, 1.82) is 0 Å². The summed E-state index contributed by atoms with van der Waals surface area (Å²) in [5, 5.41) is 18.5. The fourth-order valence-electron chi connectivity index (χ4n) is 4.49. The van der Waals surface area contributed by atoms with E-state index in [-0.39, 0.29) is 42.0 Å². The maximum absolute atomic E-state index is 14.1. The molecule has 0 bridgehead atoms. The Labute approximate surface area is 159 Å². The number of carboxylic acid groups (broad SMARTS) is 2. The molecule has 0 radical (unpaired) electrons. The Hall–Kier alpha value is -2.71. The van der Waals surface area contributed by atoms with Crippen molar-refractivity contribution in [2.45, 2.75) is 56.7 Å². The van der Waals surface area contributed by atoms with Gasteiger partial charge in [0, 0.05) is 36.1 Å². The van der Waals surface area contributed by atoms with Gasteiger partial charge in [0.25, 0.3) is 0 Å². The summed E-state index contributed by atoms with van der Waals surface area (Å²) in [4.78, 5) is 38.2. The molecule has 0 spiro atoms. The number of anilines is 1. The number of hydrogen-bond donors (Lipinski definition) is 2. The van der Waals surface area contributed by atoms with Gasteiger partial charge in [-0.05, 0) is 31.7 Å². The van der Waals surface area contributed by atoms with Gasteiger partial charge >= 0.3 is 12.1 Å². The molecule has 2 amide bonds. The average Bonchev–Trinajstić information content (AvgIpc) is 3.42. The summed E-state index contributed by atoms with van der Waals surface area (Å²) in [6.45, 7) is 0. The molecular weight excluding hydrogens is 374 g/mol. The third-order valence-electron chi connectivity index (χ3n) is 5.96. The van der Waals surface area contributed by atoms with E-state index in [0.717, 1.165) is 29.9 Å². The van der Waals surface area contributed by atoms with Gasteiger partial charge < -0.3 is 15.1 Å². The zero-order valence-corrected chi connectivity index (χ0v) is 15.0. The number of carbonyl (C=O) groups excluding carboxylic acids is 1. The number of amides is 2. The monoisotopic (exact) mass is 394 g/mol. The highest BCUT2D eigenvalue weighted by Crippen LogP contribution is 2.54. The van der Waals surface area contributed by atoms with Crippen LogP contribution < -0.4 is 4.90 Å². The number of benzene rings is 1. The first kappa shape index (κ1) is 18.6. The van der Waals surface area contributed by atoms with Crippen LogP contribution in [-0.4, -0.2) is 45.2 Å². The molecule has 3 unspecified atom stereocenters. The van der Waals surface area contributed by atoms with Crippen LogP contribution in [0.3, 0.4) is 0 Å².